The van der Waals surface area contributed by atoms with Crippen LogP contribution in [0, 0.1) is 5.82 Å². The second-order valence-corrected chi connectivity index (χ2v) is 7.93. The van der Waals surface area contributed by atoms with Crippen LogP contribution in [0.15, 0.2) is 91.0 Å². The summed E-state index contributed by atoms with van der Waals surface area (Å²) in [6.45, 7) is -0.112. The minimum atomic E-state index is -0.580. The fraction of sp³-hybridized carbons (Fsp3) is 0.111. The van der Waals surface area contributed by atoms with Crippen molar-refractivity contribution >= 4 is 28.3 Å². The highest BCUT2D eigenvalue weighted by Crippen LogP contribution is 2.36. The third kappa shape index (κ3) is 3.73. The first-order valence-electron chi connectivity index (χ1n) is 10.5. The SMILES string of the molecule is O=C1CN(C(=O)Cc2cccc3ccccc23)[C@@H](c2ccccc2)c2cc(F)ccc2N1. The fourth-order valence-corrected chi connectivity index (χ4v) is 4.42. The van der Waals surface area contributed by atoms with Gasteiger partial charge < -0.3 is 10.2 Å². The number of nitrogens with zero attached hydrogens (tertiary/aromatic N) is 1. The quantitative estimate of drug-likeness (QED) is 0.498. The monoisotopic (exact) mass is 424 g/mol. The summed E-state index contributed by atoms with van der Waals surface area (Å²) in [6.07, 6.45) is 0.141. The lowest BCUT2D eigenvalue weighted by molar-refractivity contribution is -0.135. The number of rotatable bonds is 3. The molecule has 0 bridgehead atoms. The molecule has 5 rings (SSSR count). The van der Waals surface area contributed by atoms with Crippen molar-refractivity contribution in [2.24, 2.45) is 0 Å². The van der Waals surface area contributed by atoms with Crippen molar-refractivity contribution in [3.8, 4) is 0 Å². The topological polar surface area (TPSA) is 49.4 Å². The third-order valence-corrected chi connectivity index (χ3v) is 5.87. The molecule has 158 valence electrons. The number of carbonyl (C=O) groups is 2. The molecule has 0 aromatic heterocycles. The molecule has 1 aliphatic rings. The molecule has 0 saturated heterocycles. The molecule has 4 aromatic carbocycles. The average Bonchev–Trinajstić information content (AvgIpc) is 2.95. The van der Waals surface area contributed by atoms with Gasteiger partial charge in [-0.15, -0.1) is 0 Å². The summed E-state index contributed by atoms with van der Waals surface area (Å²) >= 11 is 0. The number of halogens is 1. The fourth-order valence-electron chi connectivity index (χ4n) is 4.42. The van der Waals surface area contributed by atoms with Gasteiger partial charge in [-0.25, -0.2) is 4.39 Å². The lowest BCUT2D eigenvalue weighted by atomic mass is 9.94. The summed E-state index contributed by atoms with van der Waals surface area (Å²) in [7, 11) is 0. The molecule has 5 heteroatoms. The molecule has 4 aromatic rings. The Morgan fingerprint density at radius 2 is 1.69 bits per heavy atom. The highest BCUT2D eigenvalue weighted by atomic mass is 19.1. The van der Waals surface area contributed by atoms with Crippen LogP contribution in [0.2, 0.25) is 0 Å². The summed E-state index contributed by atoms with van der Waals surface area (Å²) in [5.41, 5.74) is 2.80. The van der Waals surface area contributed by atoms with Crippen LogP contribution in [0.3, 0.4) is 0 Å². The van der Waals surface area contributed by atoms with Gasteiger partial charge in [-0.2, -0.15) is 0 Å². The van der Waals surface area contributed by atoms with Crippen molar-refractivity contribution in [1.29, 1.82) is 0 Å². The van der Waals surface area contributed by atoms with Gasteiger partial charge in [0.25, 0.3) is 0 Å². The van der Waals surface area contributed by atoms with Gasteiger partial charge in [0, 0.05) is 11.3 Å². The Hall–Kier alpha value is -3.99. The molecule has 4 nitrogen and oxygen atoms in total. The van der Waals surface area contributed by atoms with E-state index in [1.54, 1.807) is 11.0 Å². The van der Waals surface area contributed by atoms with E-state index in [1.165, 1.54) is 12.1 Å². The van der Waals surface area contributed by atoms with Crippen LogP contribution >= 0.6 is 0 Å². The van der Waals surface area contributed by atoms with Crippen LogP contribution in [0.1, 0.15) is 22.7 Å². The smallest absolute Gasteiger partial charge is 0.244 e. The van der Waals surface area contributed by atoms with Crippen molar-refractivity contribution in [3.63, 3.8) is 0 Å². The molecular formula is C27H21FN2O2. The van der Waals surface area contributed by atoms with Gasteiger partial charge in [0.15, 0.2) is 0 Å². The number of anilines is 1. The van der Waals surface area contributed by atoms with Gasteiger partial charge in [0.05, 0.1) is 12.5 Å². The zero-order valence-electron chi connectivity index (χ0n) is 17.3. The van der Waals surface area contributed by atoms with E-state index in [0.717, 1.165) is 21.9 Å². The molecule has 0 fully saturated rings. The Kier molecular flexibility index (Phi) is 5.15. The second-order valence-electron chi connectivity index (χ2n) is 7.93. The van der Waals surface area contributed by atoms with Crippen molar-refractivity contribution < 1.29 is 14.0 Å². The average molecular weight is 424 g/mol. The predicted molar refractivity (Wildman–Crippen MR) is 123 cm³/mol. The molecule has 0 aliphatic carbocycles. The van der Waals surface area contributed by atoms with E-state index in [2.05, 4.69) is 5.32 Å². The van der Waals surface area contributed by atoms with E-state index in [0.29, 0.717) is 11.3 Å². The number of fused-ring (bicyclic) bond motifs is 2. The van der Waals surface area contributed by atoms with Crippen molar-refractivity contribution in [2.45, 2.75) is 12.5 Å². The second kappa shape index (κ2) is 8.27. The molecular weight excluding hydrogens is 403 g/mol. The molecule has 1 aliphatic heterocycles. The highest BCUT2D eigenvalue weighted by Gasteiger charge is 2.33. The summed E-state index contributed by atoms with van der Waals surface area (Å²) in [5, 5.41) is 4.89. The first kappa shape index (κ1) is 19.9. The van der Waals surface area contributed by atoms with Crippen LogP contribution < -0.4 is 5.32 Å². The largest absolute Gasteiger partial charge is 0.324 e. The number of benzene rings is 4. The minimum absolute atomic E-state index is 0.112. The standard InChI is InChI=1S/C27H21FN2O2/c28-21-13-14-24-23(16-21)27(19-8-2-1-3-9-19)30(17-25(31)29-24)26(32)15-20-11-6-10-18-7-4-5-12-22(18)20/h1-14,16,27H,15,17H2,(H,29,31)/t27-/m0/s1. The van der Waals surface area contributed by atoms with Gasteiger partial charge >= 0.3 is 0 Å². The van der Waals surface area contributed by atoms with Gasteiger partial charge in [0.2, 0.25) is 11.8 Å². The molecule has 1 atom stereocenters. The van der Waals surface area contributed by atoms with E-state index in [1.807, 2.05) is 72.8 Å². The Bertz CT molecular complexity index is 1310. The van der Waals surface area contributed by atoms with Crippen molar-refractivity contribution in [1.82, 2.24) is 4.90 Å². The summed E-state index contributed by atoms with van der Waals surface area (Å²) < 4.78 is 14.2. The molecule has 0 unspecified atom stereocenters. The normalized spacial score (nSPS) is 15.7. The first-order chi connectivity index (χ1) is 15.6. The Labute approximate surface area is 185 Å². The first-order valence-corrected chi connectivity index (χ1v) is 10.5. The lowest BCUT2D eigenvalue weighted by Gasteiger charge is -2.31. The number of amides is 2. The molecule has 32 heavy (non-hydrogen) atoms. The Morgan fingerprint density at radius 1 is 0.938 bits per heavy atom. The van der Waals surface area contributed by atoms with Crippen LogP contribution in [-0.2, 0) is 16.0 Å². The van der Waals surface area contributed by atoms with E-state index < -0.39 is 11.9 Å². The number of nitrogens with one attached hydrogen (secondary N) is 1. The predicted octanol–water partition coefficient (Wildman–Crippen LogP) is 5.09. The van der Waals surface area contributed by atoms with E-state index >= 15 is 0 Å². The van der Waals surface area contributed by atoms with Crippen LogP contribution in [0.25, 0.3) is 10.8 Å². The molecule has 2 amide bonds. The van der Waals surface area contributed by atoms with Crippen molar-refractivity contribution in [3.05, 3.63) is 114 Å². The molecule has 1 heterocycles. The molecule has 0 radical (unpaired) electrons. The van der Waals surface area contributed by atoms with Crippen LogP contribution in [-0.4, -0.2) is 23.3 Å². The van der Waals surface area contributed by atoms with E-state index in [-0.39, 0.29) is 24.8 Å². The molecule has 0 saturated carbocycles. The van der Waals surface area contributed by atoms with Crippen molar-refractivity contribution in [2.75, 3.05) is 11.9 Å². The summed E-state index contributed by atoms with van der Waals surface area (Å²) in [4.78, 5) is 27.9. The van der Waals surface area contributed by atoms with Gasteiger partial charge in [-0.05, 0) is 40.1 Å². The Morgan fingerprint density at radius 3 is 2.53 bits per heavy atom. The summed E-state index contributed by atoms with van der Waals surface area (Å²) in [6, 6.07) is 26.9. The maximum Gasteiger partial charge on any atom is 0.244 e. The molecule has 0 spiro atoms. The Balaban J connectivity index is 1.60. The van der Waals surface area contributed by atoms with Gasteiger partial charge in [-0.1, -0.05) is 72.8 Å². The number of hydrogen-bond acceptors (Lipinski definition) is 2. The minimum Gasteiger partial charge on any atom is -0.324 e. The number of carbonyl (C=O) groups excluding carboxylic acids is 2. The van der Waals surface area contributed by atoms with Gasteiger partial charge in [-0.3, -0.25) is 9.59 Å². The summed E-state index contributed by atoms with van der Waals surface area (Å²) in [5.74, 6) is -0.910. The lowest BCUT2D eigenvalue weighted by Crippen LogP contribution is -2.39. The van der Waals surface area contributed by atoms with E-state index in [4.69, 9.17) is 0 Å². The zero-order chi connectivity index (χ0) is 22.1. The maximum absolute atomic E-state index is 14.2. The van der Waals surface area contributed by atoms with Gasteiger partial charge in [0.1, 0.15) is 12.4 Å². The number of hydrogen-bond donors (Lipinski definition) is 1. The maximum atomic E-state index is 14.2. The highest BCUT2D eigenvalue weighted by molar-refractivity contribution is 5.98. The third-order valence-electron chi connectivity index (χ3n) is 5.87. The zero-order valence-corrected chi connectivity index (χ0v) is 17.3. The van der Waals surface area contributed by atoms with E-state index in [9.17, 15) is 14.0 Å². The molecule has 1 N–H and O–H groups in total. The van der Waals surface area contributed by atoms with Crippen LogP contribution in [0.5, 0.6) is 0 Å². The van der Waals surface area contributed by atoms with Crippen LogP contribution in [0.4, 0.5) is 10.1 Å².